The summed E-state index contributed by atoms with van der Waals surface area (Å²) in [7, 11) is 0. The molecule has 0 aliphatic carbocycles. The van der Waals surface area contributed by atoms with Gasteiger partial charge in [0, 0.05) is 5.56 Å². The van der Waals surface area contributed by atoms with Crippen molar-refractivity contribution in [2.45, 2.75) is 0 Å². The van der Waals surface area contributed by atoms with Crippen LogP contribution in [0.2, 0.25) is 10.0 Å². The fourth-order valence-corrected chi connectivity index (χ4v) is 3.53. The zero-order chi connectivity index (χ0) is 22.1. The van der Waals surface area contributed by atoms with Crippen LogP contribution < -0.4 is 10.2 Å². The topological polar surface area (TPSA) is 86.3 Å². The number of nitrogens with one attached hydrogen (secondary N) is 1. The normalized spacial score (nSPS) is 15.2. The van der Waals surface area contributed by atoms with E-state index in [9.17, 15) is 9.59 Å². The minimum Gasteiger partial charge on any atom is -0.457 e. The van der Waals surface area contributed by atoms with Gasteiger partial charge in [0.05, 0.1) is 27.4 Å². The second-order valence-electron chi connectivity index (χ2n) is 6.45. The minimum absolute atomic E-state index is 0.0664. The van der Waals surface area contributed by atoms with Gasteiger partial charge in [0.1, 0.15) is 17.1 Å². The molecule has 1 aliphatic rings. The summed E-state index contributed by atoms with van der Waals surface area (Å²) in [6.45, 7) is 0. The molecule has 1 aromatic heterocycles. The van der Waals surface area contributed by atoms with E-state index in [0.29, 0.717) is 27.8 Å². The molecule has 152 valence electrons. The Morgan fingerprint density at radius 1 is 1.03 bits per heavy atom. The highest BCUT2D eigenvalue weighted by Gasteiger charge is 2.35. The second-order valence-corrected chi connectivity index (χ2v) is 7.65. The summed E-state index contributed by atoms with van der Waals surface area (Å²) in [5, 5.41) is 11.9. The van der Waals surface area contributed by atoms with Crippen molar-refractivity contribution in [2.24, 2.45) is 0 Å². The maximum Gasteiger partial charge on any atom is 0.270 e. The van der Waals surface area contributed by atoms with Crippen molar-refractivity contribution in [1.82, 2.24) is 5.32 Å². The van der Waals surface area contributed by atoms with Crippen LogP contribution in [-0.2, 0) is 9.59 Å². The van der Waals surface area contributed by atoms with Crippen molar-refractivity contribution >= 4 is 64.1 Å². The third-order valence-corrected chi connectivity index (χ3v) is 5.50. The van der Waals surface area contributed by atoms with Crippen LogP contribution in [0.1, 0.15) is 11.3 Å². The standard InChI is InChI=1S/C22H11Cl2N3O3S/c23-17-7-5-14(9-18(17)24)27-21(29)16(20(28)26-22(27)31)10-15-6-8-19(30-15)13-3-1-12(11-25)2-4-13/h1-10H,(H,26,28,31)/b16-10+. The lowest BCUT2D eigenvalue weighted by Crippen LogP contribution is -2.54. The highest BCUT2D eigenvalue weighted by molar-refractivity contribution is 7.80. The van der Waals surface area contributed by atoms with Crippen molar-refractivity contribution in [3.8, 4) is 17.4 Å². The Balaban J connectivity index is 1.66. The molecule has 2 heterocycles. The molecule has 0 spiro atoms. The summed E-state index contributed by atoms with van der Waals surface area (Å²) >= 11 is 17.2. The van der Waals surface area contributed by atoms with Crippen LogP contribution in [0.4, 0.5) is 5.69 Å². The summed E-state index contributed by atoms with van der Waals surface area (Å²) in [5.74, 6) is -0.428. The number of nitrogens with zero attached hydrogens (tertiary/aromatic N) is 2. The van der Waals surface area contributed by atoms with E-state index in [2.05, 4.69) is 5.32 Å². The van der Waals surface area contributed by atoms with E-state index >= 15 is 0 Å². The van der Waals surface area contributed by atoms with E-state index in [1.165, 1.54) is 18.2 Å². The van der Waals surface area contributed by atoms with E-state index in [0.717, 1.165) is 10.5 Å². The van der Waals surface area contributed by atoms with E-state index in [4.69, 9.17) is 45.1 Å². The number of hydrogen-bond acceptors (Lipinski definition) is 5. The molecule has 4 rings (SSSR count). The van der Waals surface area contributed by atoms with Crippen molar-refractivity contribution in [3.05, 3.63) is 81.5 Å². The van der Waals surface area contributed by atoms with E-state index in [1.54, 1.807) is 42.5 Å². The maximum absolute atomic E-state index is 13.1. The average molecular weight is 468 g/mol. The predicted molar refractivity (Wildman–Crippen MR) is 122 cm³/mol. The molecule has 2 aromatic carbocycles. The van der Waals surface area contributed by atoms with Crippen LogP contribution in [0.5, 0.6) is 0 Å². The van der Waals surface area contributed by atoms with E-state index < -0.39 is 11.8 Å². The van der Waals surface area contributed by atoms with Gasteiger partial charge in [-0.25, -0.2) is 0 Å². The van der Waals surface area contributed by atoms with Crippen LogP contribution in [0.15, 0.2) is 64.6 Å². The molecule has 0 radical (unpaired) electrons. The Labute approximate surface area is 192 Å². The second kappa shape index (κ2) is 8.36. The van der Waals surface area contributed by atoms with Crippen LogP contribution in [0.3, 0.4) is 0 Å². The van der Waals surface area contributed by atoms with E-state index in [1.807, 2.05) is 6.07 Å². The molecule has 0 unspecified atom stereocenters. The number of amides is 2. The third kappa shape index (κ3) is 4.09. The summed E-state index contributed by atoms with van der Waals surface area (Å²) in [4.78, 5) is 26.6. The smallest absolute Gasteiger partial charge is 0.270 e. The molecule has 1 N–H and O–H groups in total. The first-order chi connectivity index (χ1) is 14.9. The van der Waals surface area contributed by atoms with Crippen molar-refractivity contribution < 1.29 is 14.0 Å². The van der Waals surface area contributed by atoms with Crippen molar-refractivity contribution in [3.63, 3.8) is 0 Å². The third-order valence-electron chi connectivity index (χ3n) is 4.47. The predicted octanol–water partition coefficient (Wildman–Crippen LogP) is 4.96. The molecule has 0 bridgehead atoms. The molecule has 2 amide bonds. The summed E-state index contributed by atoms with van der Waals surface area (Å²) in [5.41, 5.74) is 1.50. The number of benzene rings is 2. The zero-order valence-corrected chi connectivity index (χ0v) is 17.9. The van der Waals surface area contributed by atoms with Crippen molar-refractivity contribution in [1.29, 1.82) is 5.26 Å². The summed E-state index contributed by atoms with van der Waals surface area (Å²) in [6.07, 6.45) is 1.34. The molecule has 3 aromatic rings. The number of rotatable bonds is 3. The first kappa shape index (κ1) is 20.8. The maximum atomic E-state index is 13.1. The fraction of sp³-hybridized carbons (Fsp3) is 0. The largest absolute Gasteiger partial charge is 0.457 e. The Morgan fingerprint density at radius 3 is 2.45 bits per heavy atom. The molecule has 31 heavy (non-hydrogen) atoms. The number of carbonyl (C=O) groups is 2. The number of thiocarbonyl (C=S) groups is 1. The first-order valence-electron chi connectivity index (χ1n) is 8.84. The Kier molecular flexibility index (Phi) is 5.61. The van der Waals surface area contributed by atoms with Gasteiger partial charge in [-0.3, -0.25) is 19.8 Å². The molecule has 6 nitrogen and oxygen atoms in total. The lowest BCUT2D eigenvalue weighted by molar-refractivity contribution is -0.122. The Morgan fingerprint density at radius 2 is 1.77 bits per heavy atom. The number of anilines is 1. The minimum atomic E-state index is -0.636. The van der Waals surface area contributed by atoms with Gasteiger partial charge in [-0.1, -0.05) is 23.2 Å². The van der Waals surface area contributed by atoms with Gasteiger partial charge in [-0.2, -0.15) is 5.26 Å². The number of furan rings is 1. The zero-order valence-electron chi connectivity index (χ0n) is 15.6. The number of halogens is 2. The van der Waals surface area contributed by atoms with Gasteiger partial charge in [0.15, 0.2) is 5.11 Å². The fourth-order valence-electron chi connectivity index (χ4n) is 2.95. The average Bonchev–Trinajstić information content (AvgIpc) is 3.22. The summed E-state index contributed by atoms with van der Waals surface area (Å²) in [6, 6.07) is 16.8. The summed E-state index contributed by atoms with van der Waals surface area (Å²) < 4.78 is 5.76. The van der Waals surface area contributed by atoms with Crippen LogP contribution in [-0.4, -0.2) is 16.9 Å². The number of hydrogen-bond donors (Lipinski definition) is 1. The molecule has 1 fully saturated rings. The van der Waals surface area contributed by atoms with Gasteiger partial charge < -0.3 is 4.42 Å². The van der Waals surface area contributed by atoms with E-state index in [-0.39, 0.29) is 15.7 Å². The van der Waals surface area contributed by atoms with Crippen LogP contribution >= 0.6 is 35.4 Å². The number of carbonyl (C=O) groups excluding carboxylic acids is 2. The Bertz CT molecular complexity index is 1310. The lowest BCUT2D eigenvalue weighted by Gasteiger charge is -2.29. The number of nitriles is 1. The van der Waals surface area contributed by atoms with Crippen LogP contribution in [0, 0.1) is 11.3 Å². The molecule has 0 saturated carbocycles. The first-order valence-corrected chi connectivity index (χ1v) is 10.0. The van der Waals surface area contributed by atoms with Gasteiger partial charge in [0.25, 0.3) is 11.8 Å². The molecule has 9 heteroatoms. The van der Waals surface area contributed by atoms with Gasteiger partial charge >= 0.3 is 0 Å². The van der Waals surface area contributed by atoms with Gasteiger partial charge in [0.2, 0.25) is 0 Å². The highest BCUT2D eigenvalue weighted by Crippen LogP contribution is 2.30. The molecule has 0 atom stereocenters. The Hall–Kier alpha value is -3.44. The molecule has 1 aliphatic heterocycles. The quantitative estimate of drug-likeness (QED) is 0.334. The lowest BCUT2D eigenvalue weighted by atomic mass is 10.1. The molecular formula is C22H11Cl2N3O3S. The van der Waals surface area contributed by atoms with Crippen LogP contribution in [0.25, 0.3) is 17.4 Å². The van der Waals surface area contributed by atoms with Crippen molar-refractivity contribution in [2.75, 3.05) is 4.90 Å². The van der Waals surface area contributed by atoms with Gasteiger partial charge in [-0.15, -0.1) is 0 Å². The highest BCUT2D eigenvalue weighted by atomic mass is 35.5. The molecule has 1 saturated heterocycles. The molecular weight excluding hydrogens is 457 g/mol. The monoisotopic (exact) mass is 467 g/mol. The van der Waals surface area contributed by atoms with Gasteiger partial charge in [-0.05, 0) is 72.9 Å². The SMILES string of the molecule is N#Cc1ccc(-c2ccc(/C=C3\C(=O)NC(=S)N(c4ccc(Cl)c(Cl)c4)C3=O)o2)cc1.